The molecule has 1 unspecified atom stereocenters. The molecule has 1 aromatic heterocycles. The Kier molecular flexibility index (Phi) is 5.05. The third kappa shape index (κ3) is 3.89. The van der Waals surface area contributed by atoms with Crippen LogP contribution in [0.2, 0.25) is 0 Å². The van der Waals surface area contributed by atoms with Gasteiger partial charge in [-0.2, -0.15) is 0 Å². The SMILES string of the molecule is Cc1cccc(Nc2nccc(C(=O)NCC3CCCO3)n2)c1C. The van der Waals surface area contributed by atoms with Crippen LogP contribution in [0.3, 0.4) is 0 Å². The van der Waals surface area contributed by atoms with Crippen LogP contribution >= 0.6 is 0 Å². The van der Waals surface area contributed by atoms with E-state index < -0.39 is 0 Å². The van der Waals surface area contributed by atoms with Crippen molar-refractivity contribution >= 4 is 17.5 Å². The summed E-state index contributed by atoms with van der Waals surface area (Å²) in [6, 6.07) is 7.61. The Hall–Kier alpha value is -2.47. The van der Waals surface area contributed by atoms with E-state index in [1.54, 1.807) is 12.3 Å². The van der Waals surface area contributed by atoms with Crippen molar-refractivity contribution in [2.45, 2.75) is 32.8 Å². The number of carbonyl (C=O) groups excluding carboxylic acids is 1. The fourth-order valence-electron chi connectivity index (χ4n) is 2.65. The number of anilines is 2. The van der Waals surface area contributed by atoms with Crippen molar-refractivity contribution in [1.29, 1.82) is 0 Å². The molecule has 6 heteroatoms. The molecule has 1 fully saturated rings. The van der Waals surface area contributed by atoms with Crippen molar-refractivity contribution in [3.63, 3.8) is 0 Å². The van der Waals surface area contributed by atoms with E-state index in [1.165, 1.54) is 5.56 Å². The van der Waals surface area contributed by atoms with Crippen molar-refractivity contribution in [1.82, 2.24) is 15.3 Å². The van der Waals surface area contributed by atoms with Crippen LogP contribution in [-0.4, -0.2) is 35.1 Å². The summed E-state index contributed by atoms with van der Waals surface area (Å²) in [5.74, 6) is 0.199. The number of amides is 1. The maximum atomic E-state index is 12.2. The number of hydrogen-bond acceptors (Lipinski definition) is 5. The van der Waals surface area contributed by atoms with Gasteiger partial charge in [-0.1, -0.05) is 12.1 Å². The van der Waals surface area contributed by atoms with E-state index in [4.69, 9.17) is 4.74 Å². The quantitative estimate of drug-likeness (QED) is 0.883. The summed E-state index contributed by atoms with van der Waals surface area (Å²) in [6.45, 7) is 5.38. The number of benzene rings is 1. The maximum absolute atomic E-state index is 12.2. The predicted molar refractivity (Wildman–Crippen MR) is 92.5 cm³/mol. The van der Waals surface area contributed by atoms with Gasteiger partial charge >= 0.3 is 0 Å². The molecule has 1 aliphatic heterocycles. The lowest BCUT2D eigenvalue weighted by Crippen LogP contribution is -2.32. The van der Waals surface area contributed by atoms with Crippen LogP contribution < -0.4 is 10.6 Å². The predicted octanol–water partition coefficient (Wildman–Crippen LogP) is 2.75. The van der Waals surface area contributed by atoms with E-state index in [1.807, 2.05) is 19.1 Å². The highest BCUT2D eigenvalue weighted by Crippen LogP contribution is 2.20. The Labute approximate surface area is 141 Å². The van der Waals surface area contributed by atoms with E-state index in [9.17, 15) is 4.79 Å². The molecule has 1 amide bonds. The topological polar surface area (TPSA) is 76.1 Å². The molecule has 1 atom stereocenters. The van der Waals surface area contributed by atoms with Gasteiger partial charge in [0.25, 0.3) is 5.91 Å². The van der Waals surface area contributed by atoms with E-state index >= 15 is 0 Å². The highest BCUT2D eigenvalue weighted by Gasteiger charge is 2.17. The van der Waals surface area contributed by atoms with Crippen LogP contribution in [0.5, 0.6) is 0 Å². The highest BCUT2D eigenvalue weighted by molar-refractivity contribution is 5.92. The molecule has 126 valence electrons. The molecule has 2 N–H and O–H groups in total. The molecule has 24 heavy (non-hydrogen) atoms. The largest absolute Gasteiger partial charge is 0.376 e. The third-order valence-corrected chi connectivity index (χ3v) is 4.25. The number of nitrogens with one attached hydrogen (secondary N) is 2. The zero-order chi connectivity index (χ0) is 16.9. The highest BCUT2D eigenvalue weighted by atomic mass is 16.5. The molecule has 3 rings (SSSR count). The van der Waals surface area contributed by atoms with E-state index in [0.717, 1.165) is 30.7 Å². The number of rotatable bonds is 5. The smallest absolute Gasteiger partial charge is 0.270 e. The van der Waals surface area contributed by atoms with Crippen molar-refractivity contribution in [2.24, 2.45) is 0 Å². The van der Waals surface area contributed by atoms with Gasteiger partial charge in [0.05, 0.1) is 6.10 Å². The summed E-state index contributed by atoms with van der Waals surface area (Å²) in [5, 5.41) is 6.05. The molecule has 1 aliphatic rings. The average Bonchev–Trinajstić information content (AvgIpc) is 3.11. The molecule has 0 saturated carbocycles. The maximum Gasteiger partial charge on any atom is 0.270 e. The molecule has 1 saturated heterocycles. The Balaban J connectivity index is 1.67. The van der Waals surface area contributed by atoms with Gasteiger partial charge in [0.1, 0.15) is 5.69 Å². The minimum absolute atomic E-state index is 0.114. The Morgan fingerprint density at radius 2 is 2.21 bits per heavy atom. The fourth-order valence-corrected chi connectivity index (χ4v) is 2.65. The lowest BCUT2D eigenvalue weighted by Gasteiger charge is -2.12. The molecule has 6 nitrogen and oxygen atoms in total. The Morgan fingerprint density at radius 3 is 3.00 bits per heavy atom. The second-order valence-corrected chi connectivity index (χ2v) is 5.98. The van der Waals surface area contributed by atoms with Gasteiger partial charge in [-0.25, -0.2) is 9.97 Å². The lowest BCUT2D eigenvalue weighted by molar-refractivity contribution is 0.0853. The van der Waals surface area contributed by atoms with E-state index in [0.29, 0.717) is 18.2 Å². The Morgan fingerprint density at radius 1 is 1.33 bits per heavy atom. The second-order valence-electron chi connectivity index (χ2n) is 5.98. The summed E-state index contributed by atoms with van der Waals surface area (Å²) in [4.78, 5) is 20.7. The van der Waals surface area contributed by atoms with Crippen molar-refractivity contribution in [3.8, 4) is 0 Å². The number of aromatic nitrogens is 2. The van der Waals surface area contributed by atoms with E-state index in [2.05, 4.69) is 33.6 Å². The zero-order valence-corrected chi connectivity index (χ0v) is 14.0. The molecule has 2 aromatic rings. The fraction of sp³-hybridized carbons (Fsp3) is 0.389. The van der Waals surface area contributed by atoms with Crippen LogP contribution in [0.4, 0.5) is 11.6 Å². The van der Waals surface area contributed by atoms with Gasteiger partial charge in [-0.05, 0) is 49.9 Å². The first kappa shape index (κ1) is 16.4. The molecule has 0 radical (unpaired) electrons. The first-order chi connectivity index (χ1) is 11.6. The van der Waals surface area contributed by atoms with Crippen molar-refractivity contribution < 1.29 is 9.53 Å². The molecular weight excluding hydrogens is 304 g/mol. The summed E-state index contributed by atoms with van der Waals surface area (Å²) in [7, 11) is 0. The summed E-state index contributed by atoms with van der Waals surface area (Å²) < 4.78 is 5.51. The first-order valence-electron chi connectivity index (χ1n) is 8.19. The standard InChI is InChI=1S/C18H22N4O2/c1-12-5-3-7-15(13(12)2)21-18-19-9-8-16(22-18)17(23)20-11-14-6-4-10-24-14/h3,5,7-9,14H,4,6,10-11H2,1-2H3,(H,20,23)(H,19,21,22). The van der Waals surface area contributed by atoms with Crippen LogP contribution in [0, 0.1) is 13.8 Å². The van der Waals surface area contributed by atoms with Crippen molar-refractivity contribution in [2.75, 3.05) is 18.5 Å². The number of nitrogens with zero attached hydrogens (tertiary/aromatic N) is 2. The third-order valence-electron chi connectivity index (χ3n) is 4.25. The van der Waals surface area contributed by atoms with Gasteiger partial charge in [0.15, 0.2) is 0 Å². The summed E-state index contributed by atoms with van der Waals surface area (Å²) in [5.41, 5.74) is 3.60. The normalized spacial score (nSPS) is 16.8. The van der Waals surface area contributed by atoms with Gasteiger partial charge in [0, 0.05) is 25.0 Å². The monoisotopic (exact) mass is 326 g/mol. The van der Waals surface area contributed by atoms with Crippen molar-refractivity contribution in [3.05, 3.63) is 47.3 Å². The second kappa shape index (κ2) is 7.40. The number of hydrogen-bond donors (Lipinski definition) is 2. The zero-order valence-electron chi connectivity index (χ0n) is 14.0. The molecule has 0 aliphatic carbocycles. The van der Waals surface area contributed by atoms with Gasteiger partial charge in [-0.3, -0.25) is 4.79 Å². The molecule has 0 bridgehead atoms. The van der Waals surface area contributed by atoms with E-state index in [-0.39, 0.29) is 12.0 Å². The van der Waals surface area contributed by atoms with Gasteiger partial charge < -0.3 is 15.4 Å². The number of aryl methyl sites for hydroxylation is 1. The number of carbonyl (C=O) groups is 1. The van der Waals surface area contributed by atoms with Crippen LogP contribution in [0.1, 0.15) is 34.5 Å². The number of ether oxygens (including phenoxy) is 1. The summed E-state index contributed by atoms with van der Waals surface area (Å²) >= 11 is 0. The van der Waals surface area contributed by atoms with Crippen LogP contribution in [0.15, 0.2) is 30.5 Å². The first-order valence-corrected chi connectivity index (χ1v) is 8.19. The van der Waals surface area contributed by atoms with Crippen LogP contribution in [-0.2, 0) is 4.74 Å². The van der Waals surface area contributed by atoms with Gasteiger partial charge in [0.2, 0.25) is 5.95 Å². The van der Waals surface area contributed by atoms with Gasteiger partial charge in [-0.15, -0.1) is 0 Å². The average molecular weight is 326 g/mol. The minimum Gasteiger partial charge on any atom is -0.376 e. The Bertz CT molecular complexity index is 727. The van der Waals surface area contributed by atoms with Crippen LogP contribution in [0.25, 0.3) is 0 Å². The summed E-state index contributed by atoms with van der Waals surface area (Å²) in [6.07, 6.45) is 3.74. The minimum atomic E-state index is -0.211. The molecule has 0 spiro atoms. The molecule has 2 heterocycles. The molecule has 1 aromatic carbocycles. The molecular formula is C18H22N4O2. The lowest BCUT2D eigenvalue weighted by atomic mass is 10.1.